The normalized spacial score (nSPS) is 15.1. The van der Waals surface area contributed by atoms with E-state index in [0.717, 1.165) is 39.1 Å². The average molecular weight is 467 g/mol. The van der Waals surface area contributed by atoms with Gasteiger partial charge in [0.25, 0.3) is 5.91 Å². The van der Waals surface area contributed by atoms with Crippen LogP contribution in [0.2, 0.25) is 0 Å². The molecule has 1 saturated heterocycles. The molecular weight excluding hydrogens is 428 g/mol. The van der Waals surface area contributed by atoms with E-state index in [2.05, 4.69) is 51.6 Å². The molecule has 0 aliphatic carbocycles. The molecule has 2 N–H and O–H groups in total. The standard InChI is InChI=1S/C27H38N4O3/c1-20(2)25(29-26(32)23-11-5-6-12-24(23)34-4)27(33)28-13-8-14-30-15-17-31(18-16-30)22-10-7-9-21(3)19-22/h5-7,9-12,19-20,25H,8,13-18H2,1-4H3,(H,28,33)(H,29,32). The van der Waals surface area contributed by atoms with Gasteiger partial charge in [-0.1, -0.05) is 38.1 Å². The average Bonchev–Trinajstić information content (AvgIpc) is 2.85. The van der Waals surface area contributed by atoms with Crippen LogP contribution in [0.5, 0.6) is 5.75 Å². The number of hydrogen-bond donors (Lipinski definition) is 2. The molecule has 0 aromatic heterocycles. The van der Waals surface area contributed by atoms with Crippen molar-refractivity contribution < 1.29 is 14.3 Å². The Bertz CT molecular complexity index is 954. The highest BCUT2D eigenvalue weighted by Crippen LogP contribution is 2.19. The molecule has 34 heavy (non-hydrogen) atoms. The van der Waals surface area contributed by atoms with E-state index in [4.69, 9.17) is 4.74 Å². The minimum atomic E-state index is -0.602. The number of para-hydroxylation sites is 1. The molecule has 1 fully saturated rings. The van der Waals surface area contributed by atoms with Crippen LogP contribution in [0.15, 0.2) is 48.5 Å². The lowest BCUT2D eigenvalue weighted by molar-refractivity contribution is -0.123. The maximum atomic E-state index is 12.8. The summed E-state index contributed by atoms with van der Waals surface area (Å²) in [6.07, 6.45) is 0.876. The fraction of sp³-hybridized carbons (Fsp3) is 0.481. The van der Waals surface area contributed by atoms with E-state index in [0.29, 0.717) is 17.9 Å². The van der Waals surface area contributed by atoms with E-state index in [1.807, 2.05) is 19.9 Å². The molecule has 0 saturated carbocycles. The number of carbonyl (C=O) groups is 2. The number of amides is 2. The van der Waals surface area contributed by atoms with Crippen molar-refractivity contribution in [2.24, 2.45) is 5.92 Å². The summed E-state index contributed by atoms with van der Waals surface area (Å²) in [5.74, 6) is -0.000867. The number of methoxy groups -OCH3 is 1. The van der Waals surface area contributed by atoms with Gasteiger partial charge < -0.3 is 20.3 Å². The minimum Gasteiger partial charge on any atom is -0.496 e. The number of ether oxygens (including phenoxy) is 1. The number of nitrogens with zero attached hydrogens (tertiary/aromatic N) is 2. The number of nitrogens with one attached hydrogen (secondary N) is 2. The molecule has 2 aromatic rings. The van der Waals surface area contributed by atoms with Crippen molar-refractivity contribution in [2.75, 3.05) is 51.3 Å². The molecule has 184 valence electrons. The lowest BCUT2D eigenvalue weighted by atomic mass is 10.0. The van der Waals surface area contributed by atoms with Gasteiger partial charge in [-0.3, -0.25) is 14.5 Å². The van der Waals surface area contributed by atoms with Gasteiger partial charge in [0.2, 0.25) is 5.91 Å². The smallest absolute Gasteiger partial charge is 0.255 e. The molecule has 2 amide bonds. The molecule has 1 atom stereocenters. The second-order valence-corrected chi connectivity index (χ2v) is 9.21. The van der Waals surface area contributed by atoms with Crippen molar-refractivity contribution in [3.8, 4) is 5.75 Å². The maximum absolute atomic E-state index is 12.8. The van der Waals surface area contributed by atoms with Crippen LogP contribution in [0, 0.1) is 12.8 Å². The Hall–Kier alpha value is -3.06. The predicted octanol–water partition coefficient (Wildman–Crippen LogP) is 3.09. The molecule has 7 nitrogen and oxygen atoms in total. The summed E-state index contributed by atoms with van der Waals surface area (Å²) in [6.45, 7) is 11.6. The van der Waals surface area contributed by atoms with Gasteiger partial charge in [-0.15, -0.1) is 0 Å². The third-order valence-corrected chi connectivity index (χ3v) is 6.28. The second kappa shape index (κ2) is 12.4. The largest absolute Gasteiger partial charge is 0.496 e. The molecule has 0 bridgehead atoms. The number of aryl methyl sites for hydroxylation is 1. The summed E-state index contributed by atoms with van der Waals surface area (Å²) >= 11 is 0. The van der Waals surface area contributed by atoms with Gasteiger partial charge >= 0.3 is 0 Å². The molecule has 2 aromatic carbocycles. The zero-order valence-corrected chi connectivity index (χ0v) is 20.8. The van der Waals surface area contributed by atoms with E-state index in [-0.39, 0.29) is 17.7 Å². The predicted molar refractivity (Wildman–Crippen MR) is 137 cm³/mol. The monoisotopic (exact) mass is 466 g/mol. The Labute approximate surface area is 203 Å². The Morgan fingerprint density at radius 3 is 2.44 bits per heavy atom. The van der Waals surface area contributed by atoms with Gasteiger partial charge in [-0.25, -0.2) is 0 Å². The molecule has 1 aliphatic rings. The topological polar surface area (TPSA) is 73.9 Å². The summed E-state index contributed by atoms with van der Waals surface area (Å²) in [5, 5.41) is 5.88. The van der Waals surface area contributed by atoms with E-state index in [9.17, 15) is 9.59 Å². The molecule has 0 radical (unpaired) electrons. The summed E-state index contributed by atoms with van der Waals surface area (Å²) in [6, 6.07) is 15.1. The number of benzene rings is 2. The summed E-state index contributed by atoms with van der Waals surface area (Å²) in [7, 11) is 1.53. The van der Waals surface area contributed by atoms with Crippen LogP contribution in [0.3, 0.4) is 0 Å². The second-order valence-electron chi connectivity index (χ2n) is 9.21. The van der Waals surface area contributed by atoms with E-state index in [1.165, 1.54) is 18.4 Å². The number of carbonyl (C=O) groups excluding carboxylic acids is 2. The molecule has 1 aliphatic heterocycles. The van der Waals surface area contributed by atoms with Crippen LogP contribution in [0.4, 0.5) is 5.69 Å². The zero-order valence-electron chi connectivity index (χ0n) is 20.8. The third-order valence-electron chi connectivity index (χ3n) is 6.28. The summed E-state index contributed by atoms with van der Waals surface area (Å²) in [4.78, 5) is 30.4. The summed E-state index contributed by atoms with van der Waals surface area (Å²) in [5.41, 5.74) is 3.00. The molecule has 0 spiro atoms. The van der Waals surface area contributed by atoms with Crippen LogP contribution in [0.25, 0.3) is 0 Å². The quantitative estimate of drug-likeness (QED) is 0.527. The molecule has 1 unspecified atom stereocenters. The van der Waals surface area contributed by atoms with Gasteiger partial charge in [0.15, 0.2) is 0 Å². The Kier molecular flexibility index (Phi) is 9.33. The number of rotatable bonds is 10. The maximum Gasteiger partial charge on any atom is 0.255 e. The highest BCUT2D eigenvalue weighted by atomic mass is 16.5. The first-order valence-electron chi connectivity index (χ1n) is 12.1. The number of anilines is 1. The van der Waals surface area contributed by atoms with Crippen molar-refractivity contribution in [3.05, 3.63) is 59.7 Å². The van der Waals surface area contributed by atoms with Gasteiger partial charge in [-0.05, 0) is 55.6 Å². The van der Waals surface area contributed by atoms with E-state index < -0.39 is 6.04 Å². The first-order valence-corrected chi connectivity index (χ1v) is 12.1. The van der Waals surface area contributed by atoms with Gasteiger partial charge in [0.05, 0.1) is 12.7 Å². The van der Waals surface area contributed by atoms with E-state index in [1.54, 1.807) is 18.2 Å². The third kappa shape index (κ3) is 6.97. The van der Waals surface area contributed by atoms with Crippen molar-refractivity contribution in [1.29, 1.82) is 0 Å². The number of hydrogen-bond acceptors (Lipinski definition) is 5. The highest BCUT2D eigenvalue weighted by molar-refractivity contribution is 5.99. The summed E-state index contributed by atoms with van der Waals surface area (Å²) < 4.78 is 5.27. The zero-order chi connectivity index (χ0) is 24.5. The van der Waals surface area contributed by atoms with Crippen molar-refractivity contribution in [2.45, 2.75) is 33.2 Å². The molecular formula is C27H38N4O3. The highest BCUT2D eigenvalue weighted by Gasteiger charge is 2.25. The molecule has 1 heterocycles. The fourth-order valence-corrected chi connectivity index (χ4v) is 4.26. The first-order chi connectivity index (χ1) is 16.4. The Morgan fingerprint density at radius 1 is 1.03 bits per heavy atom. The van der Waals surface area contributed by atoms with Gasteiger partial charge in [0.1, 0.15) is 11.8 Å². The van der Waals surface area contributed by atoms with Crippen LogP contribution >= 0.6 is 0 Å². The fourth-order valence-electron chi connectivity index (χ4n) is 4.26. The van der Waals surface area contributed by atoms with Crippen LogP contribution in [-0.2, 0) is 4.79 Å². The van der Waals surface area contributed by atoms with Crippen LogP contribution in [0.1, 0.15) is 36.2 Å². The Morgan fingerprint density at radius 2 is 1.76 bits per heavy atom. The molecule has 3 rings (SSSR count). The van der Waals surface area contributed by atoms with Crippen LogP contribution in [-0.4, -0.2) is 69.1 Å². The van der Waals surface area contributed by atoms with Gasteiger partial charge in [0, 0.05) is 38.4 Å². The van der Waals surface area contributed by atoms with Crippen molar-refractivity contribution in [3.63, 3.8) is 0 Å². The minimum absolute atomic E-state index is 0.0339. The van der Waals surface area contributed by atoms with Gasteiger partial charge in [-0.2, -0.15) is 0 Å². The Balaban J connectivity index is 1.41. The lowest BCUT2D eigenvalue weighted by Gasteiger charge is -2.36. The number of piperazine rings is 1. The lowest BCUT2D eigenvalue weighted by Crippen LogP contribution is -2.50. The molecule has 7 heteroatoms. The van der Waals surface area contributed by atoms with E-state index >= 15 is 0 Å². The van der Waals surface area contributed by atoms with Crippen molar-refractivity contribution in [1.82, 2.24) is 15.5 Å². The van der Waals surface area contributed by atoms with Crippen molar-refractivity contribution >= 4 is 17.5 Å². The SMILES string of the molecule is COc1ccccc1C(=O)NC(C(=O)NCCCN1CCN(c2cccc(C)c2)CC1)C(C)C. The van der Waals surface area contributed by atoms with Crippen LogP contribution < -0.4 is 20.3 Å². The first kappa shape index (κ1) is 25.6.